The summed E-state index contributed by atoms with van der Waals surface area (Å²) < 4.78 is 0. The Labute approximate surface area is 167 Å². The smallest absolute Gasteiger partial charge is 0.194 e. The second-order valence-corrected chi connectivity index (χ2v) is 7.76. The summed E-state index contributed by atoms with van der Waals surface area (Å²) in [6.45, 7) is 15.5. The van der Waals surface area contributed by atoms with E-state index in [1.165, 1.54) is 5.00 Å². The number of rotatable bonds is 5. The molecule has 1 fully saturated rings. The zero-order chi connectivity index (χ0) is 16.7. The van der Waals surface area contributed by atoms with Gasteiger partial charge in [-0.3, -0.25) is 4.99 Å². The monoisotopic (exact) mass is 465 g/mol. The van der Waals surface area contributed by atoms with Crippen LogP contribution < -0.4 is 15.5 Å². The van der Waals surface area contributed by atoms with Crippen molar-refractivity contribution >= 4 is 46.3 Å². The molecular weight excluding hydrogens is 433 g/mol. The maximum Gasteiger partial charge on any atom is 0.194 e. The molecule has 1 aromatic heterocycles. The van der Waals surface area contributed by atoms with E-state index in [0.717, 1.165) is 51.8 Å². The molecule has 5 nitrogen and oxygen atoms in total. The Bertz CT molecular complexity index is 476. The number of nitrogens with zero attached hydrogens (tertiary/aromatic N) is 3. The third-order valence-corrected chi connectivity index (χ3v) is 4.69. The fourth-order valence-electron chi connectivity index (χ4n) is 2.61. The van der Waals surface area contributed by atoms with Crippen LogP contribution in [0.1, 0.15) is 27.7 Å². The van der Waals surface area contributed by atoms with E-state index in [1.54, 1.807) is 0 Å². The lowest BCUT2D eigenvalue weighted by atomic mass is 10.1. The van der Waals surface area contributed by atoms with Crippen LogP contribution in [0.15, 0.2) is 22.5 Å². The highest BCUT2D eigenvalue weighted by molar-refractivity contribution is 14.0. The predicted molar refractivity (Wildman–Crippen MR) is 117 cm³/mol. The van der Waals surface area contributed by atoms with Crippen molar-refractivity contribution in [2.24, 2.45) is 4.99 Å². The van der Waals surface area contributed by atoms with Crippen LogP contribution in [0.25, 0.3) is 0 Å². The molecule has 0 atom stereocenters. The number of anilines is 1. The topological polar surface area (TPSA) is 42.9 Å². The average molecular weight is 465 g/mol. The zero-order valence-corrected chi connectivity index (χ0v) is 18.5. The highest BCUT2D eigenvalue weighted by Crippen LogP contribution is 2.22. The molecule has 0 aromatic carbocycles. The largest absolute Gasteiger partial charge is 0.360 e. The Morgan fingerprint density at radius 1 is 1.25 bits per heavy atom. The summed E-state index contributed by atoms with van der Waals surface area (Å²) in [5.41, 5.74) is 0.153. The first-order valence-corrected chi connectivity index (χ1v) is 9.44. The minimum Gasteiger partial charge on any atom is -0.360 e. The van der Waals surface area contributed by atoms with Crippen molar-refractivity contribution < 1.29 is 0 Å². The Kier molecular flexibility index (Phi) is 9.36. The summed E-state index contributed by atoms with van der Waals surface area (Å²) in [6, 6.07) is 4.33. The molecule has 0 spiro atoms. The van der Waals surface area contributed by atoms with Gasteiger partial charge in [-0.2, -0.15) is 0 Å². The van der Waals surface area contributed by atoms with Crippen molar-refractivity contribution in [3.05, 3.63) is 17.5 Å². The molecule has 0 amide bonds. The number of nitrogens with one attached hydrogen (secondary N) is 2. The quantitative estimate of drug-likeness (QED) is 0.304. The molecule has 1 aliphatic heterocycles. The van der Waals surface area contributed by atoms with Crippen molar-refractivity contribution in [1.82, 2.24) is 15.5 Å². The second-order valence-electron chi connectivity index (χ2n) is 6.84. The normalized spacial score (nSPS) is 16.1. The maximum absolute atomic E-state index is 4.78. The van der Waals surface area contributed by atoms with Crippen LogP contribution in [0.3, 0.4) is 0 Å². The fourth-order valence-corrected chi connectivity index (χ4v) is 3.39. The van der Waals surface area contributed by atoms with Gasteiger partial charge in [-0.05, 0) is 45.2 Å². The highest BCUT2D eigenvalue weighted by atomic mass is 127. The van der Waals surface area contributed by atoms with Crippen LogP contribution in [0.2, 0.25) is 0 Å². The van der Waals surface area contributed by atoms with Crippen LogP contribution >= 0.6 is 35.3 Å². The Morgan fingerprint density at radius 2 is 1.96 bits per heavy atom. The van der Waals surface area contributed by atoms with Gasteiger partial charge in [-0.25, -0.2) is 0 Å². The van der Waals surface area contributed by atoms with E-state index in [0.29, 0.717) is 0 Å². The first kappa shape index (κ1) is 21.5. The first-order valence-electron chi connectivity index (χ1n) is 8.56. The van der Waals surface area contributed by atoms with E-state index in [9.17, 15) is 0 Å². The van der Waals surface area contributed by atoms with E-state index >= 15 is 0 Å². The number of thiophene rings is 1. The second kappa shape index (κ2) is 10.5. The van der Waals surface area contributed by atoms with Gasteiger partial charge in [-0.15, -0.1) is 35.3 Å². The SMILES string of the molecule is CCNC(=NCCNC(C)(C)C)N1CCN(c2cccs2)CC1.I. The zero-order valence-electron chi connectivity index (χ0n) is 15.3. The molecular formula is C17H32IN5S. The minimum atomic E-state index is 0. The van der Waals surface area contributed by atoms with E-state index in [2.05, 4.69) is 65.6 Å². The maximum atomic E-state index is 4.78. The van der Waals surface area contributed by atoms with Gasteiger partial charge >= 0.3 is 0 Å². The lowest BCUT2D eigenvalue weighted by Gasteiger charge is -2.37. The van der Waals surface area contributed by atoms with Crippen LogP contribution in [0.5, 0.6) is 0 Å². The molecule has 0 unspecified atom stereocenters. The molecule has 1 aliphatic rings. The molecule has 138 valence electrons. The van der Waals surface area contributed by atoms with Crippen molar-refractivity contribution in [3.63, 3.8) is 0 Å². The van der Waals surface area contributed by atoms with Gasteiger partial charge < -0.3 is 20.4 Å². The van der Waals surface area contributed by atoms with Gasteiger partial charge in [-0.1, -0.05) is 0 Å². The molecule has 2 N–H and O–H groups in total. The Hall–Kier alpha value is -0.540. The fraction of sp³-hybridized carbons (Fsp3) is 0.706. The highest BCUT2D eigenvalue weighted by Gasteiger charge is 2.20. The predicted octanol–water partition coefficient (Wildman–Crippen LogP) is 2.84. The van der Waals surface area contributed by atoms with Gasteiger partial charge in [0.15, 0.2) is 5.96 Å². The molecule has 2 heterocycles. The Balaban J connectivity index is 0.00000288. The van der Waals surface area contributed by atoms with E-state index in [1.807, 2.05) is 11.3 Å². The number of piperazine rings is 1. The molecule has 0 saturated carbocycles. The number of hydrogen-bond acceptors (Lipinski definition) is 4. The number of guanidine groups is 1. The van der Waals surface area contributed by atoms with Gasteiger partial charge in [0.2, 0.25) is 0 Å². The van der Waals surface area contributed by atoms with E-state index in [4.69, 9.17) is 4.99 Å². The van der Waals surface area contributed by atoms with E-state index < -0.39 is 0 Å². The van der Waals surface area contributed by atoms with Crippen LogP contribution in [-0.4, -0.2) is 62.2 Å². The number of hydrogen-bond donors (Lipinski definition) is 2. The van der Waals surface area contributed by atoms with Crippen molar-refractivity contribution in [2.45, 2.75) is 33.2 Å². The van der Waals surface area contributed by atoms with Crippen LogP contribution in [0, 0.1) is 0 Å². The van der Waals surface area contributed by atoms with Crippen LogP contribution in [0.4, 0.5) is 5.00 Å². The lowest BCUT2D eigenvalue weighted by Crippen LogP contribution is -2.52. The van der Waals surface area contributed by atoms with Gasteiger partial charge in [0.25, 0.3) is 0 Å². The molecule has 24 heavy (non-hydrogen) atoms. The summed E-state index contributed by atoms with van der Waals surface area (Å²) in [6.07, 6.45) is 0. The minimum absolute atomic E-state index is 0. The summed E-state index contributed by atoms with van der Waals surface area (Å²) in [7, 11) is 0. The van der Waals surface area contributed by atoms with Crippen molar-refractivity contribution in [1.29, 1.82) is 0 Å². The van der Waals surface area contributed by atoms with Gasteiger partial charge in [0, 0.05) is 44.8 Å². The molecule has 0 radical (unpaired) electrons. The van der Waals surface area contributed by atoms with Gasteiger partial charge in [0.05, 0.1) is 11.5 Å². The van der Waals surface area contributed by atoms with Gasteiger partial charge in [0.1, 0.15) is 0 Å². The third kappa shape index (κ3) is 7.14. The number of halogens is 1. The third-order valence-electron chi connectivity index (χ3n) is 3.76. The van der Waals surface area contributed by atoms with Crippen molar-refractivity contribution in [3.8, 4) is 0 Å². The molecule has 2 rings (SSSR count). The first-order chi connectivity index (χ1) is 11.0. The summed E-state index contributed by atoms with van der Waals surface area (Å²) in [4.78, 5) is 9.62. The molecule has 0 aliphatic carbocycles. The summed E-state index contributed by atoms with van der Waals surface area (Å²) in [5, 5.41) is 10.4. The lowest BCUT2D eigenvalue weighted by molar-refractivity contribution is 0.372. The average Bonchev–Trinajstić information content (AvgIpc) is 3.04. The molecule has 7 heteroatoms. The summed E-state index contributed by atoms with van der Waals surface area (Å²) >= 11 is 1.82. The molecule has 0 bridgehead atoms. The summed E-state index contributed by atoms with van der Waals surface area (Å²) in [5.74, 6) is 1.05. The Morgan fingerprint density at radius 3 is 2.50 bits per heavy atom. The standard InChI is InChI=1S/C17H31N5S.HI/c1-5-18-16(19-8-9-20-17(2,3)4)22-12-10-21(11-13-22)15-7-6-14-23-15;/h6-7,14,20H,5,8-13H2,1-4H3,(H,18,19);1H. The number of aliphatic imine (C=N–C) groups is 1. The van der Waals surface area contributed by atoms with E-state index in [-0.39, 0.29) is 29.5 Å². The van der Waals surface area contributed by atoms with Crippen molar-refractivity contribution in [2.75, 3.05) is 50.7 Å². The molecule has 1 aromatic rings. The molecule has 1 saturated heterocycles. The van der Waals surface area contributed by atoms with Crippen LogP contribution in [-0.2, 0) is 0 Å².